The van der Waals surface area contributed by atoms with E-state index in [4.69, 9.17) is 16.3 Å². The van der Waals surface area contributed by atoms with Gasteiger partial charge in [0.25, 0.3) is 11.8 Å². The van der Waals surface area contributed by atoms with Gasteiger partial charge in [0.1, 0.15) is 11.8 Å². The number of ether oxygens (including phenoxy) is 1. The Balaban J connectivity index is 1.72. The summed E-state index contributed by atoms with van der Waals surface area (Å²) < 4.78 is 5.43. The highest BCUT2D eigenvalue weighted by Crippen LogP contribution is 2.36. The lowest BCUT2D eigenvalue weighted by molar-refractivity contribution is -0.357. The van der Waals surface area contributed by atoms with Gasteiger partial charge in [0.2, 0.25) is 5.91 Å². The molecule has 8 nitrogen and oxygen atoms in total. The molecule has 2 aromatic rings. The van der Waals surface area contributed by atoms with E-state index in [9.17, 15) is 14.4 Å². The number of nitrogens with one attached hydrogen (secondary N) is 1. The largest absolute Gasteiger partial charge is 0.496 e. The van der Waals surface area contributed by atoms with Crippen molar-refractivity contribution in [2.45, 2.75) is 6.04 Å². The fraction of sp³-hybridized carbons (Fsp3) is 0.286. The SMILES string of the molecule is COc1ccc(Cl)cc1-c1ccc2c(c1)C(=O)N1CCN(C(=O)C[NH3+])C[C@H]1C(=O)N2. The first kappa shape index (κ1) is 20.2. The Labute approximate surface area is 178 Å². The molecule has 2 aliphatic rings. The van der Waals surface area contributed by atoms with Gasteiger partial charge >= 0.3 is 0 Å². The summed E-state index contributed by atoms with van der Waals surface area (Å²) in [6, 6.07) is 9.79. The average Bonchev–Trinajstić information content (AvgIpc) is 2.87. The quantitative estimate of drug-likeness (QED) is 0.754. The summed E-state index contributed by atoms with van der Waals surface area (Å²) in [6.45, 7) is 0.941. The van der Waals surface area contributed by atoms with Crippen LogP contribution in [0.1, 0.15) is 10.4 Å². The number of quaternary nitrogens is 1. The number of benzene rings is 2. The van der Waals surface area contributed by atoms with Gasteiger partial charge in [-0.2, -0.15) is 0 Å². The molecule has 2 heterocycles. The first-order valence-electron chi connectivity index (χ1n) is 9.59. The maximum Gasteiger partial charge on any atom is 0.277 e. The third-order valence-electron chi connectivity index (χ3n) is 5.49. The number of nitrogens with zero attached hydrogens (tertiary/aromatic N) is 2. The molecule has 1 atom stereocenters. The zero-order valence-corrected chi connectivity index (χ0v) is 17.2. The van der Waals surface area contributed by atoms with E-state index in [1.54, 1.807) is 42.3 Å². The molecule has 1 fully saturated rings. The van der Waals surface area contributed by atoms with E-state index in [1.165, 1.54) is 4.90 Å². The molecular formula is C21H22ClN4O4+. The summed E-state index contributed by atoms with van der Waals surface area (Å²) >= 11 is 6.16. The van der Waals surface area contributed by atoms with Crippen LogP contribution >= 0.6 is 11.6 Å². The molecule has 0 aliphatic carbocycles. The average molecular weight is 430 g/mol. The van der Waals surface area contributed by atoms with E-state index in [2.05, 4.69) is 11.1 Å². The van der Waals surface area contributed by atoms with Crippen LogP contribution in [0.25, 0.3) is 11.1 Å². The van der Waals surface area contributed by atoms with Gasteiger partial charge < -0.3 is 25.6 Å². The fourth-order valence-corrected chi connectivity index (χ4v) is 4.08. The second-order valence-corrected chi connectivity index (χ2v) is 7.63. The Morgan fingerprint density at radius 2 is 2.00 bits per heavy atom. The summed E-state index contributed by atoms with van der Waals surface area (Å²) in [6.07, 6.45) is 0. The van der Waals surface area contributed by atoms with E-state index >= 15 is 0 Å². The molecule has 4 N–H and O–H groups in total. The maximum absolute atomic E-state index is 13.3. The van der Waals surface area contributed by atoms with Gasteiger partial charge in [-0.15, -0.1) is 0 Å². The van der Waals surface area contributed by atoms with Gasteiger partial charge in [0, 0.05) is 23.7 Å². The molecule has 9 heteroatoms. The Bertz CT molecular complexity index is 1040. The van der Waals surface area contributed by atoms with Crippen LogP contribution in [0, 0.1) is 0 Å². The number of amides is 3. The van der Waals surface area contributed by atoms with Crippen LogP contribution in [0.3, 0.4) is 0 Å². The topological polar surface area (TPSA) is 107 Å². The molecule has 0 radical (unpaired) electrons. The molecule has 3 amide bonds. The van der Waals surface area contributed by atoms with Crippen LogP contribution in [0.15, 0.2) is 36.4 Å². The van der Waals surface area contributed by atoms with Crippen LogP contribution in [0.2, 0.25) is 5.02 Å². The Hall–Kier alpha value is -3.10. The van der Waals surface area contributed by atoms with Gasteiger partial charge in [-0.3, -0.25) is 14.4 Å². The number of methoxy groups -OCH3 is 1. The molecule has 0 unspecified atom stereocenters. The number of hydrogen-bond donors (Lipinski definition) is 2. The molecule has 0 bridgehead atoms. The zero-order chi connectivity index (χ0) is 21.4. The normalized spacial score (nSPS) is 18.3. The highest BCUT2D eigenvalue weighted by Gasteiger charge is 2.40. The van der Waals surface area contributed by atoms with Crippen molar-refractivity contribution in [3.63, 3.8) is 0 Å². The van der Waals surface area contributed by atoms with Crippen LogP contribution in [0.4, 0.5) is 5.69 Å². The zero-order valence-electron chi connectivity index (χ0n) is 16.5. The summed E-state index contributed by atoms with van der Waals surface area (Å²) in [5.41, 5.74) is 5.95. The molecular weight excluding hydrogens is 408 g/mol. The number of piperazine rings is 1. The predicted molar refractivity (Wildman–Crippen MR) is 111 cm³/mol. The van der Waals surface area contributed by atoms with Crippen molar-refractivity contribution in [1.82, 2.24) is 9.80 Å². The Morgan fingerprint density at radius 3 is 2.73 bits per heavy atom. The standard InChI is InChI=1S/C21H21ClN4O4/c1-30-18-5-3-13(22)9-14(18)12-2-4-16-15(8-12)21(29)26-7-6-25(19(27)10-23)11-17(26)20(28)24-16/h2-5,8-9,17H,6-7,10-11,23H2,1H3,(H,24,28)/p+1/t17-/m0/s1. The van der Waals surface area contributed by atoms with E-state index in [-0.39, 0.29) is 37.4 Å². The van der Waals surface area contributed by atoms with Crippen LogP contribution in [-0.2, 0) is 9.59 Å². The summed E-state index contributed by atoms with van der Waals surface area (Å²) in [5.74, 6) is -0.0655. The second kappa shape index (κ2) is 7.97. The van der Waals surface area contributed by atoms with Crippen LogP contribution in [-0.4, -0.2) is 66.9 Å². The minimum absolute atomic E-state index is 0.118. The number of anilines is 1. The fourth-order valence-electron chi connectivity index (χ4n) is 3.91. The first-order chi connectivity index (χ1) is 14.4. The molecule has 156 valence electrons. The van der Waals surface area contributed by atoms with Gasteiger partial charge in [-0.1, -0.05) is 17.7 Å². The lowest BCUT2D eigenvalue weighted by Crippen LogP contribution is -2.64. The number of carbonyl (C=O) groups excluding carboxylic acids is 3. The van der Waals surface area contributed by atoms with Gasteiger partial charge in [0.05, 0.1) is 24.9 Å². The maximum atomic E-state index is 13.3. The van der Waals surface area contributed by atoms with Crippen LogP contribution in [0.5, 0.6) is 5.75 Å². The Kier molecular flexibility index (Phi) is 5.36. The molecule has 30 heavy (non-hydrogen) atoms. The van der Waals surface area contributed by atoms with E-state index in [1.807, 2.05) is 6.07 Å². The summed E-state index contributed by atoms with van der Waals surface area (Å²) in [4.78, 5) is 41.3. The molecule has 2 aromatic carbocycles. The molecule has 0 spiro atoms. The predicted octanol–water partition coefficient (Wildman–Crippen LogP) is 0.863. The molecule has 2 aliphatic heterocycles. The second-order valence-electron chi connectivity index (χ2n) is 7.20. The van der Waals surface area contributed by atoms with E-state index in [0.717, 1.165) is 11.1 Å². The third kappa shape index (κ3) is 3.48. The van der Waals surface area contributed by atoms with Crippen molar-refractivity contribution >= 4 is 35.0 Å². The molecule has 4 rings (SSSR count). The molecule has 1 saturated heterocycles. The van der Waals surface area contributed by atoms with Gasteiger partial charge in [-0.25, -0.2) is 0 Å². The number of rotatable bonds is 3. The lowest BCUT2D eigenvalue weighted by Gasteiger charge is -2.38. The van der Waals surface area contributed by atoms with Crippen molar-refractivity contribution < 1.29 is 24.9 Å². The van der Waals surface area contributed by atoms with E-state index in [0.29, 0.717) is 28.6 Å². The number of hydrogen-bond acceptors (Lipinski definition) is 4. The third-order valence-corrected chi connectivity index (χ3v) is 5.73. The first-order valence-corrected chi connectivity index (χ1v) is 9.97. The van der Waals surface area contributed by atoms with E-state index < -0.39 is 6.04 Å². The minimum atomic E-state index is -0.738. The monoisotopic (exact) mass is 429 g/mol. The Morgan fingerprint density at radius 1 is 1.20 bits per heavy atom. The van der Waals surface area contributed by atoms with Crippen molar-refractivity contribution in [3.05, 3.63) is 47.0 Å². The molecule has 0 saturated carbocycles. The number of fused-ring (bicyclic) bond motifs is 2. The smallest absolute Gasteiger partial charge is 0.277 e. The minimum Gasteiger partial charge on any atom is -0.496 e. The number of carbonyl (C=O) groups is 3. The highest BCUT2D eigenvalue weighted by atomic mass is 35.5. The van der Waals surface area contributed by atoms with Crippen molar-refractivity contribution in [1.29, 1.82) is 0 Å². The number of halogens is 1. The lowest BCUT2D eigenvalue weighted by atomic mass is 10.00. The summed E-state index contributed by atoms with van der Waals surface area (Å²) in [5, 5.41) is 3.38. The summed E-state index contributed by atoms with van der Waals surface area (Å²) in [7, 11) is 1.57. The van der Waals surface area contributed by atoms with Crippen molar-refractivity contribution in [2.24, 2.45) is 0 Å². The van der Waals surface area contributed by atoms with Crippen molar-refractivity contribution in [2.75, 3.05) is 38.6 Å². The molecule has 0 aromatic heterocycles. The van der Waals surface area contributed by atoms with Gasteiger partial charge in [-0.05, 0) is 35.9 Å². The van der Waals surface area contributed by atoms with Gasteiger partial charge in [0.15, 0.2) is 6.54 Å². The van der Waals surface area contributed by atoms with Crippen molar-refractivity contribution in [3.8, 4) is 16.9 Å². The highest BCUT2D eigenvalue weighted by molar-refractivity contribution is 6.31. The van der Waals surface area contributed by atoms with Crippen LogP contribution < -0.4 is 15.8 Å².